The fraction of sp³-hybridized carbons (Fsp3) is 0.538. The van der Waals surface area contributed by atoms with Gasteiger partial charge in [0.25, 0.3) is 0 Å². The van der Waals surface area contributed by atoms with E-state index >= 15 is 0 Å². The van der Waals surface area contributed by atoms with Crippen LogP contribution in [-0.4, -0.2) is 11.8 Å². The van der Waals surface area contributed by atoms with Crippen molar-refractivity contribution in [3.8, 4) is 0 Å². The van der Waals surface area contributed by atoms with E-state index in [0.717, 1.165) is 5.92 Å². The number of benzene rings is 1. The van der Waals surface area contributed by atoms with Crippen LogP contribution in [0.1, 0.15) is 42.2 Å². The van der Waals surface area contributed by atoms with Gasteiger partial charge in [0.2, 0.25) is 0 Å². The van der Waals surface area contributed by atoms with E-state index < -0.39 is 0 Å². The van der Waals surface area contributed by atoms with Crippen LogP contribution in [0.25, 0.3) is 0 Å². The molecule has 2 unspecified atom stereocenters. The van der Waals surface area contributed by atoms with Crippen LogP contribution in [0.15, 0.2) is 24.3 Å². The predicted octanol–water partition coefficient (Wildman–Crippen LogP) is 3.29. The van der Waals surface area contributed by atoms with Gasteiger partial charge in [0.15, 0.2) is 0 Å². The van der Waals surface area contributed by atoms with Gasteiger partial charge in [0.1, 0.15) is 0 Å². The van der Waals surface area contributed by atoms with E-state index in [2.05, 4.69) is 36.5 Å². The molecular weight excluding hydrogens is 202 g/mol. The fourth-order valence-electron chi connectivity index (χ4n) is 2.15. The molecule has 0 spiro atoms. The van der Waals surface area contributed by atoms with Crippen LogP contribution in [-0.2, 0) is 0 Å². The Balaban J connectivity index is 1.75. The molecule has 2 atom stereocenters. The molecule has 1 N–H and O–H groups in total. The first-order chi connectivity index (χ1) is 7.33. The van der Waals surface area contributed by atoms with E-state index in [-0.39, 0.29) is 0 Å². The third-order valence-electron chi connectivity index (χ3n) is 3.24. The topological polar surface area (TPSA) is 12.0 Å². The third-order valence-corrected chi connectivity index (χ3v) is 4.67. The summed E-state index contributed by atoms with van der Waals surface area (Å²) in [6.45, 7) is 2.26. The molecule has 2 fully saturated rings. The fourth-order valence-corrected chi connectivity index (χ4v) is 3.40. The Morgan fingerprint density at radius 2 is 1.80 bits per heavy atom. The molecule has 2 heteroatoms. The molecule has 1 heterocycles. The quantitative estimate of drug-likeness (QED) is 0.819. The van der Waals surface area contributed by atoms with Crippen molar-refractivity contribution in [2.24, 2.45) is 0 Å². The summed E-state index contributed by atoms with van der Waals surface area (Å²) < 4.78 is 0. The molecule has 1 aromatic rings. The Morgan fingerprint density at radius 3 is 2.33 bits per heavy atom. The summed E-state index contributed by atoms with van der Waals surface area (Å²) in [5.41, 5.74) is 2.98. The average molecular weight is 219 g/mol. The molecule has 0 bridgehead atoms. The van der Waals surface area contributed by atoms with Gasteiger partial charge in [0, 0.05) is 11.8 Å². The van der Waals surface area contributed by atoms with Gasteiger partial charge >= 0.3 is 0 Å². The number of hydrogen-bond acceptors (Lipinski definition) is 2. The smallest absolute Gasteiger partial charge is 0.0792 e. The molecule has 0 aromatic heterocycles. The lowest BCUT2D eigenvalue weighted by Crippen LogP contribution is -2.21. The lowest BCUT2D eigenvalue weighted by atomic mass is 10.1. The molecule has 0 radical (unpaired) electrons. The minimum Gasteiger partial charge on any atom is -0.298 e. The zero-order valence-corrected chi connectivity index (χ0v) is 9.89. The second-order valence-corrected chi connectivity index (χ2v) is 5.86. The second-order valence-electron chi connectivity index (χ2n) is 4.72. The Labute approximate surface area is 95.6 Å². The van der Waals surface area contributed by atoms with E-state index in [9.17, 15) is 0 Å². The van der Waals surface area contributed by atoms with E-state index in [1.165, 1.54) is 29.7 Å². The summed E-state index contributed by atoms with van der Waals surface area (Å²) in [5, 5.41) is 4.12. The van der Waals surface area contributed by atoms with Gasteiger partial charge in [0.05, 0.1) is 5.37 Å². The summed E-state index contributed by atoms with van der Waals surface area (Å²) >= 11 is 2.02. The van der Waals surface area contributed by atoms with Gasteiger partial charge in [-0.3, -0.25) is 5.32 Å². The summed E-state index contributed by atoms with van der Waals surface area (Å²) in [5.74, 6) is 2.11. The zero-order chi connectivity index (χ0) is 10.3. The molecular formula is C13H17NS. The third kappa shape index (κ3) is 2.06. The van der Waals surface area contributed by atoms with Gasteiger partial charge in [-0.05, 0) is 36.8 Å². The highest BCUT2D eigenvalue weighted by Crippen LogP contribution is 2.41. The summed E-state index contributed by atoms with van der Waals surface area (Å²) in [4.78, 5) is 0. The second kappa shape index (κ2) is 3.84. The molecule has 1 aromatic carbocycles. The van der Waals surface area contributed by atoms with Crippen molar-refractivity contribution in [2.45, 2.75) is 37.1 Å². The molecule has 1 aliphatic carbocycles. The first-order valence-corrected chi connectivity index (χ1v) is 6.85. The monoisotopic (exact) mass is 219 g/mol. The molecule has 15 heavy (non-hydrogen) atoms. The van der Waals surface area contributed by atoms with E-state index in [4.69, 9.17) is 0 Å². The molecule has 1 nitrogen and oxygen atoms in total. The van der Waals surface area contributed by atoms with Crippen LogP contribution >= 0.6 is 11.8 Å². The minimum absolute atomic E-state index is 0.522. The maximum absolute atomic E-state index is 3.60. The first kappa shape index (κ1) is 9.73. The maximum atomic E-state index is 3.60. The molecule has 0 amide bonds. The Hall–Kier alpha value is -0.470. The highest BCUT2D eigenvalue weighted by atomic mass is 32.2. The summed E-state index contributed by atoms with van der Waals surface area (Å²) in [7, 11) is 0. The Kier molecular flexibility index (Phi) is 2.49. The number of nitrogens with one attached hydrogen (secondary N) is 1. The van der Waals surface area contributed by atoms with E-state index in [1.807, 2.05) is 11.8 Å². The van der Waals surface area contributed by atoms with Crippen LogP contribution in [0.5, 0.6) is 0 Å². The first-order valence-electron chi connectivity index (χ1n) is 5.80. The van der Waals surface area contributed by atoms with Crippen LogP contribution < -0.4 is 5.32 Å². The van der Waals surface area contributed by atoms with Crippen molar-refractivity contribution >= 4 is 11.8 Å². The largest absolute Gasteiger partial charge is 0.298 e. The van der Waals surface area contributed by atoms with Crippen molar-refractivity contribution in [1.82, 2.24) is 5.32 Å². The van der Waals surface area contributed by atoms with Crippen LogP contribution in [0.3, 0.4) is 0 Å². The van der Waals surface area contributed by atoms with Crippen molar-refractivity contribution in [1.29, 1.82) is 0 Å². The van der Waals surface area contributed by atoms with E-state index in [0.29, 0.717) is 11.4 Å². The lowest BCUT2D eigenvalue weighted by Gasteiger charge is -2.11. The van der Waals surface area contributed by atoms with Gasteiger partial charge in [-0.15, -0.1) is 11.8 Å². The summed E-state index contributed by atoms with van der Waals surface area (Å²) in [6, 6.07) is 9.89. The van der Waals surface area contributed by atoms with E-state index in [1.54, 1.807) is 0 Å². The Bertz CT molecular complexity index is 342. The van der Waals surface area contributed by atoms with Crippen molar-refractivity contribution in [3.05, 3.63) is 35.4 Å². The van der Waals surface area contributed by atoms with Crippen molar-refractivity contribution in [2.75, 3.05) is 5.75 Å². The van der Waals surface area contributed by atoms with Crippen LogP contribution in [0.4, 0.5) is 0 Å². The van der Waals surface area contributed by atoms with Crippen molar-refractivity contribution < 1.29 is 0 Å². The van der Waals surface area contributed by atoms with Crippen molar-refractivity contribution in [3.63, 3.8) is 0 Å². The number of thioether (sulfide) groups is 1. The lowest BCUT2D eigenvalue weighted by molar-refractivity contribution is 0.618. The molecule has 1 aliphatic heterocycles. The Morgan fingerprint density at radius 1 is 1.13 bits per heavy atom. The molecule has 1 saturated carbocycles. The van der Waals surface area contributed by atoms with Gasteiger partial charge in [-0.2, -0.15) is 0 Å². The predicted molar refractivity (Wildman–Crippen MR) is 66.2 cm³/mol. The number of rotatable bonds is 2. The molecule has 1 saturated heterocycles. The van der Waals surface area contributed by atoms with Gasteiger partial charge in [-0.25, -0.2) is 0 Å². The minimum atomic E-state index is 0.522. The maximum Gasteiger partial charge on any atom is 0.0792 e. The summed E-state index contributed by atoms with van der Waals surface area (Å²) in [6.07, 6.45) is 2.79. The standard InChI is InChI=1S/C13H17NS/c1-9-8-15-13(14-9)12-6-4-11(5-7-12)10-2-3-10/h4-7,9-10,13-14H,2-3,8H2,1H3. The van der Waals surface area contributed by atoms with Gasteiger partial charge < -0.3 is 0 Å². The average Bonchev–Trinajstić information content (AvgIpc) is 3.02. The highest BCUT2D eigenvalue weighted by molar-refractivity contribution is 7.99. The molecule has 80 valence electrons. The zero-order valence-electron chi connectivity index (χ0n) is 9.07. The van der Waals surface area contributed by atoms with Gasteiger partial charge in [-0.1, -0.05) is 24.3 Å². The highest BCUT2D eigenvalue weighted by Gasteiger charge is 2.25. The normalized spacial score (nSPS) is 30.7. The van der Waals surface area contributed by atoms with Crippen LogP contribution in [0.2, 0.25) is 0 Å². The molecule has 2 aliphatic rings. The van der Waals surface area contributed by atoms with Crippen LogP contribution in [0, 0.1) is 0 Å². The molecule has 3 rings (SSSR count). The number of hydrogen-bond donors (Lipinski definition) is 1. The SMILES string of the molecule is CC1CSC(c2ccc(C3CC3)cc2)N1.